The number of likely N-dealkylation sites (tertiary alicyclic amines) is 1. The van der Waals surface area contributed by atoms with Crippen LogP contribution in [0, 0.1) is 11.2 Å². The van der Waals surface area contributed by atoms with Crippen LogP contribution >= 0.6 is 0 Å². The summed E-state index contributed by atoms with van der Waals surface area (Å²) in [5.41, 5.74) is -0.254. The summed E-state index contributed by atoms with van der Waals surface area (Å²) in [6.45, 7) is 5.76. The highest BCUT2D eigenvalue weighted by atomic mass is 32.2. The van der Waals surface area contributed by atoms with Gasteiger partial charge in [0.2, 0.25) is 0 Å². The molecular weight excluding hydrogens is 658 g/mol. The molecule has 1 N–H and O–H groups in total. The minimum Gasteiger partial charge on any atom is -0.451 e. The van der Waals surface area contributed by atoms with Crippen molar-refractivity contribution in [3.8, 4) is 11.5 Å². The highest BCUT2D eigenvalue weighted by molar-refractivity contribution is 7.87. The molecule has 3 fully saturated rings. The van der Waals surface area contributed by atoms with Crippen molar-refractivity contribution in [1.29, 1.82) is 0 Å². The van der Waals surface area contributed by atoms with E-state index in [1.165, 1.54) is 46.5 Å². The van der Waals surface area contributed by atoms with E-state index >= 15 is 0 Å². The van der Waals surface area contributed by atoms with Gasteiger partial charge in [-0.25, -0.2) is 14.4 Å². The van der Waals surface area contributed by atoms with Crippen LogP contribution in [-0.4, -0.2) is 123 Å². The lowest BCUT2D eigenvalue weighted by molar-refractivity contribution is -0.143. The summed E-state index contributed by atoms with van der Waals surface area (Å²) >= 11 is 0. The summed E-state index contributed by atoms with van der Waals surface area (Å²) in [6.07, 6.45) is 1.61. The standard InChI is InChI=1S/C31H43F4N7O5S/c1-21(2)42(19-31(33,34)35)29(43)25-13-22(32)5-8-26(25)47-27-14-36-20-37-28(27)41-17-30(18-41)9-11-40(12-10-30)15-24-7-6-23(16-46-24)38-48(44,45)39(3)4/h5,8,13-14,20-21,23-24,38H,6-7,9-12,15-19H2,1-4H3/t23-,24+/m1/s1. The molecule has 1 aromatic carbocycles. The molecule has 2 aromatic rings. The molecule has 5 rings (SSSR count). The largest absolute Gasteiger partial charge is 0.451 e. The topological polar surface area (TPSA) is 120 Å². The quantitative estimate of drug-likeness (QED) is 0.350. The third-order valence-electron chi connectivity index (χ3n) is 9.18. The Bertz CT molecular complexity index is 1540. The van der Waals surface area contributed by atoms with Gasteiger partial charge in [0, 0.05) is 51.2 Å². The molecule has 48 heavy (non-hydrogen) atoms. The lowest BCUT2D eigenvalue weighted by Gasteiger charge is -2.54. The number of piperidine rings is 1. The fourth-order valence-corrected chi connectivity index (χ4v) is 7.24. The minimum atomic E-state index is -4.64. The molecule has 3 aliphatic heterocycles. The number of rotatable bonds is 11. The van der Waals surface area contributed by atoms with Crippen molar-refractivity contribution in [1.82, 2.24) is 28.8 Å². The van der Waals surface area contributed by atoms with Crippen molar-refractivity contribution in [3.63, 3.8) is 0 Å². The minimum absolute atomic E-state index is 0.0436. The molecule has 1 aromatic heterocycles. The molecular formula is C31H43F4N7O5S. The molecule has 3 saturated heterocycles. The second-order valence-electron chi connectivity index (χ2n) is 13.4. The summed E-state index contributed by atoms with van der Waals surface area (Å²) in [7, 11) is -0.529. The zero-order valence-corrected chi connectivity index (χ0v) is 28.4. The van der Waals surface area contributed by atoms with Crippen molar-refractivity contribution in [2.75, 3.05) is 64.9 Å². The predicted octanol–water partition coefficient (Wildman–Crippen LogP) is 3.67. The number of anilines is 1. The lowest BCUT2D eigenvalue weighted by atomic mass is 9.72. The molecule has 0 unspecified atom stereocenters. The van der Waals surface area contributed by atoms with E-state index in [2.05, 4.69) is 19.6 Å². The first-order chi connectivity index (χ1) is 22.5. The van der Waals surface area contributed by atoms with Gasteiger partial charge in [-0.05, 0) is 70.8 Å². The third kappa shape index (κ3) is 8.72. The second kappa shape index (κ2) is 14.4. The molecule has 0 radical (unpaired) electrons. The van der Waals surface area contributed by atoms with E-state index in [1.807, 2.05) is 4.90 Å². The molecule has 266 valence electrons. The van der Waals surface area contributed by atoms with E-state index in [0.717, 1.165) is 55.3 Å². The summed E-state index contributed by atoms with van der Waals surface area (Å²) in [5, 5.41) is 0. The van der Waals surface area contributed by atoms with Gasteiger partial charge in [0.15, 0.2) is 11.6 Å². The van der Waals surface area contributed by atoms with E-state index in [-0.39, 0.29) is 34.6 Å². The van der Waals surface area contributed by atoms with Gasteiger partial charge in [0.25, 0.3) is 16.1 Å². The Kier molecular flexibility index (Phi) is 10.8. The number of carbonyl (C=O) groups is 1. The Morgan fingerprint density at radius 3 is 2.48 bits per heavy atom. The average Bonchev–Trinajstić information content (AvgIpc) is 3.00. The summed E-state index contributed by atoms with van der Waals surface area (Å²) < 4.78 is 94.1. The molecule has 17 heteroatoms. The number of amides is 1. The van der Waals surface area contributed by atoms with E-state index in [4.69, 9.17) is 9.47 Å². The zero-order chi connectivity index (χ0) is 34.9. The van der Waals surface area contributed by atoms with E-state index in [1.54, 1.807) is 0 Å². The fraction of sp³-hybridized carbons (Fsp3) is 0.645. The molecule has 0 saturated carbocycles. The van der Waals surface area contributed by atoms with Crippen molar-refractivity contribution in [2.45, 2.75) is 63.9 Å². The molecule has 1 amide bonds. The van der Waals surface area contributed by atoms with Crippen molar-refractivity contribution < 1.29 is 40.2 Å². The summed E-state index contributed by atoms with van der Waals surface area (Å²) in [5.74, 6) is -1.20. The maximum Gasteiger partial charge on any atom is 0.406 e. The number of benzene rings is 1. The number of alkyl halides is 3. The van der Waals surface area contributed by atoms with E-state index < -0.39 is 40.7 Å². The van der Waals surface area contributed by atoms with Crippen LogP contribution in [0.5, 0.6) is 11.5 Å². The van der Waals surface area contributed by atoms with Crippen LogP contribution in [0.3, 0.4) is 0 Å². The van der Waals surface area contributed by atoms with Gasteiger partial charge in [-0.1, -0.05) is 0 Å². The van der Waals surface area contributed by atoms with Gasteiger partial charge in [-0.2, -0.15) is 30.6 Å². The number of nitrogens with zero attached hydrogens (tertiary/aromatic N) is 6. The number of aromatic nitrogens is 2. The van der Waals surface area contributed by atoms with Crippen LogP contribution in [0.1, 0.15) is 49.9 Å². The fourth-order valence-electron chi connectivity index (χ4n) is 6.42. The molecule has 1 spiro atoms. The van der Waals surface area contributed by atoms with Crippen LogP contribution in [0.15, 0.2) is 30.7 Å². The number of hydrogen-bond acceptors (Lipinski definition) is 9. The summed E-state index contributed by atoms with van der Waals surface area (Å²) in [4.78, 5) is 26.8. The molecule has 4 heterocycles. The smallest absolute Gasteiger partial charge is 0.406 e. The van der Waals surface area contributed by atoms with Crippen molar-refractivity contribution in [2.24, 2.45) is 5.41 Å². The molecule has 0 bridgehead atoms. The molecule has 0 aliphatic carbocycles. The van der Waals surface area contributed by atoms with Gasteiger partial charge < -0.3 is 24.2 Å². The molecule has 12 nitrogen and oxygen atoms in total. The number of carbonyl (C=O) groups excluding carboxylic acids is 1. The van der Waals surface area contributed by atoms with Crippen LogP contribution in [-0.2, 0) is 14.9 Å². The predicted molar refractivity (Wildman–Crippen MR) is 170 cm³/mol. The Morgan fingerprint density at radius 2 is 1.88 bits per heavy atom. The SMILES string of the molecule is CC(C)N(CC(F)(F)F)C(=O)c1cc(F)ccc1Oc1cncnc1N1CC2(CCN(C[C@@H]3CC[C@@H](NS(=O)(=O)N(C)C)CO3)CC2)C1. The van der Waals surface area contributed by atoms with Gasteiger partial charge in [-0.3, -0.25) is 4.79 Å². The number of nitrogens with one attached hydrogen (secondary N) is 1. The molecule has 2 atom stereocenters. The monoisotopic (exact) mass is 701 g/mol. The highest BCUT2D eigenvalue weighted by Gasteiger charge is 2.46. The normalized spacial score (nSPS) is 21.8. The van der Waals surface area contributed by atoms with Gasteiger partial charge >= 0.3 is 6.18 Å². The molecule has 3 aliphatic rings. The zero-order valence-electron chi connectivity index (χ0n) is 27.5. The average molecular weight is 702 g/mol. The lowest BCUT2D eigenvalue weighted by Crippen LogP contribution is -2.61. The van der Waals surface area contributed by atoms with Crippen LogP contribution < -0.4 is 14.4 Å². The van der Waals surface area contributed by atoms with Gasteiger partial charge in [0.05, 0.1) is 24.5 Å². The Morgan fingerprint density at radius 1 is 1.17 bits per heavy atom. The Labute approximate surface area is 278 Å². The Hall–Kier alpha value is -3.12. The van der Waals surface area contributed by atoms with E-state index in [0.29, 0.717) is 36.8 Å². The first-order valence-electron chi connectivity index (χ1n) is 16.0. The van der Waals surface area contributed by atoms with Crippen molar-refractivity contribution in [3.05, 3.63) is 42.1 Å². The van der Waals surface area contributed by atoms with Crippen LogP contribution in [0.4, 0.5) is 23.4 Å². The third-order valence-corrected chi connectivity index (χ3v) is 10.8. The van der Waals surface area contributed by atoms with E-state index in [9.17, 15) is 30.8 Å². The first-order valence-corrected chi connectivity index (χ1v) is 17.4. The first kappa shape index (κ1) is 36.2. The van der Waals surface area contributed by atoms with Gasteiger partial charge in [-0.15, -0.1) is 0 Å². The van der Waals surface area contributed by atoms with Crippen LogP contribution in [0.25, 0.3) is 0 Å². The maximum atomic E-state index is 14.3. The number of hydrogen-bond donors (Lipinski definition) is 1. The highest BCUT2D eigenvalue weighted by Crippen LogP contribution is 2.45. The summed E-state index contributed by atoms with van der Waals surface area (Å²) in [6, 6.07) is 2.14. The van der Waals surface area contributed by atoms with Crippen LogP contribution in [0.2, 0.25) is 0 Å². The van der Waals surface area contributed by atoms with Crippen molar-refractivity contribution >= 4 is 21.9 Å². The van der Waals surface area contributed by atoms with Gasteiger partial charge in [0.1, 0.15) is 24.4 Å². The maximum absolute atomic E-state index is 14.3. The second-order valence-corrected chi connectivity index (χ2v) is 15.3. The number of halogens is 4. The Balaban J connectivity index is 1.17. The number of ether oxygens (including phenoxy) is 2.